The maximum absolute atomic E-state index is 13.9. The average molecular weight is 428 g/mol. The first kappa shape index (κ1) is 20.9. The summed E-state index contributed by atoms with van der Waals surface area (Å²) in [6, 6.07) is 10.5. The zero-order chi connectivity index (χ0) is 22.0. The summed E-state index contributed by atoms with van der Waals surface area (Å²) in [6.45, 7) is 4.38. The number of amides is 1. The molecule has 1 saturated heterocycles. The summed E-state index contributed by atoms with van der Waals surface area (Å²) in [4.78, 5) is 28.5. The van der Waals surface area contributed by atoms with Gasteiger partial charge in [0, 0.05) is 37.1 Å². The van der Waals surface area contributed by atoms with Crippen molar-refractivity contribution in [1.82, 2.24) is 19.6 Å². The zero-order valence-corrected chi connectivity index (χ0v) is 17.1. The van der Waals surface area contributed by atoms with Crippen LogP contribution in [0.5, 0.6) is 0 Å². The summed E-state index contributed by atoms with van der Waals surface area (Å²) >= 11 is 0. The molecule has 2 heterocycles. The Labute approximate surface area is 177 Å². The molecule has 2 aromatic carbocycles. The molecule has 0 radical (unpaired) electrons. The Kier molecular flexibility index (Phi) is 5.94. The normalized spacial score (nSPS) is 14.7. The molecule has 0 atom stereocenters. The van der Waals surface area contributed by atoms with Crippen LogP contribution in [0.2, 0.25) is 0 Å². The van der Waals surface area contributed by atoms with Gasteiger partial charge in [0.1, 0.15) is 0 Å². The van der Waals surface area contributed by atoms with E-state index in [4.69, 9.17) is 4.74 Å². The van der Waals surface area contributed by atoms with E-state index in [9.17, 15) is 18.4 Å². The summed E-state index contributed by atoms with van der Waals surface area (Å²) in [5.74, 6) is -1.92. The number of aromatic nitrogens is 2. The number of benzene rings is 2. The fourth-order valence-corrected chi connectivity index (χ4v) is 3.66. The van der Waals surface area contributed by atoms with Crippen LogP contribution in [-0.4, -0.2) is 58.5 Å². The van der Waals surface area contributed by atoms with Gasteiger partial charge in [0.05, 0.1) is 24.4 Å². The Bertz CT molecular complexity index is 1170. The smallest absolute Gasteiger partial charge is 0.409 e. The van der Waals surface area contributed by atoms with Crippen molar-refractivity contribution in [2.45, 2.75) is 13.6 Å². The third-order valence-corrected chi connectivity index (χ3v) is 5.29. The number of piperazine rings is 1. The fraction of sp³-hybridized carbons (Fsp3) is 0.318. The zero-order valence-electron chi connectivity index (χ0n) is 17.1. The first-order valence-corrected chi connectivity index (χ1v) is 10.1. The van der Waals surface area contributed by atoms with E-state index in [0.29, 0.717) is 54.8 Å². The molecule has 7 nitrogen and oxygen atoms in total. The third-order valence-electron chi connectivity index (χ3n) is 5.29. The molecule has 3 aromatic rings. The van der Waals surface area contributed by atoms with E-state index in [2.05, 4.69) is 5.10 Å². The Balaban J connectivity index is 1.65. The molecular weight excluding hydrogens is 406 g/mol. The summed E-state index contributed by atoms with van der Waals surface area (Å²) < 4.78 is 33.6. The lowest BCUT2D eigenvalue weighted by Crippen LogP contribution is -2.50. The predicted molar refractivity (Wildman–Crippen MR) is 112 cm³/mol. The molecule has 31 heavy (non-hydrogen) atoms. The van der Waals surface area contributed by atoms with Crippen molar-refractivity contribution in [3.63, 3.8) is 0 Å². The van der Waals surface area contributed by atoms with E-state index in [-0.39, 0.29) is 18.3 Å². The average Bonchev–Trinajstić information content (AvgIpc) is 2.78. The topological polar surface area (TPSA) is 67.7 Å². The van der Waals surface area contributed by atoms with Crippen LogP contribution in [0.4, 0.5) is 13.6 Å². The van der Waals surface area contributed by atoms with Crippen molar-refractivity contribution in [3.05, 3.63) is 64.5 Å². The third kappa shape index (κ3) is 4.27. The number of hydrogen-bond acceptors (Lipinski definition) is 5. The number of halogens is 2. The van der Waals surface area contributed by atoms with E-state index >= 15 is 0 Å². The number of ether oxygens (including phenoxy) is 1. The molecular formula is C22H22F2N4O3. The van der Waals surface area contributed by atoms with Gasteiger partial charge in [-0.15, -0.1) is 0 Å². The van der Waals surface area contributed by atoms with Crippen molar-refractivity contribution in [2.75, 3.05) is 32.8 Å². The molecule has 0 N–H and O–H groups in total. The molecule has 0 unspecified atom stereocenters. The number of fused-ring (bicyclic) bond motifs is 1. The monoisotopic (exact) mass is 428 g/mol. The highest BCUT2D eigenvalue weighted by atomic mass is 19.2. The molecule has 1 aromatic heterocycles. The van der Waals surface area contributed by atoms with Crippen LogP contribution in [0.25, 0.3) is 22.0 Å². The number of nitrogens with zero attached hydrogens (tertiary/aromatic N) is 4. The first-order chi connectivity index (χ1) is 15.0. The maximum atomic E-state index is 13.9. The summed E-state index contributed by atoms with van der Waals surface area (Å²) in [6.07, 6.45) is -0.344. The van der Waals surface area contributed by atoms with Crippen LogP contribution in [0.3, 0.4) is 0 Å². The van der Waals surface area contributed by atoms with Crippen molar-refractivity contribution < 1.29 is 18.3 Å². The molecule has 4 rings (SSSR count). The minimum atomic E-state index is -0.976. The van der Waals surface area contributed by atoms with E-state index < -0.39 is 11.6 Å². The maximum Gasteiger partial charge on any atom is 0.409 e. The first-order valence-electron chi connectivity index (χ1n) is 10.1. The predicted octanol–water partition coefficient (Wildman–Crippen LogP) is 3.07. The van der Waals surface area contributed by atoms with Gasteiger partial charge < -0.3 is 9.64 Å². The van der Waals surface area contributed by atoms with E-state index in [1.807, 2.05) is 4.90 Å². The second-order valence-corrected chi connectivity index (χ2v) is 7.27. The van der Waals surface area contributed by atoms with Crippen LogP contribution >= 0.6 is 0 Å². The van der Waals surface area contributed by atoms with Gasteiger partial charge in [0.15, 0.2) is 11.6 Å². The number of carbonyl (C=O) groups excluding carboxylic acids is 1. The molecule has 1 aliphatic rings. The van der Waals surface area contributed by atoms with Gasteiger partial charge in [-0.2, -0.15) is 5.10 Å². The highest BCUT2D eigenvalue weighted by molar-refractivity contribution is 5.93. The van der Waals surface area contributed by atoms with Gasteiger partial charge in [-0.25, -0.2) is 18.3 Å². The van der Waals surface area contributed by atoms with Gasteiger partial charge in [0.25, 0.3) is 5.56 Å². The molecule has 0 saturated carbocycles. The number of carbonyl (C=O) groups is 1. The lowest BCUT2D eigenvalue weighted by atomic mass is 10.0. The quantitative estimate of drug-likeness (QED) is 0.639. The van der Waals surface area contributed by atoms with Gasteiger partial charge in [-0.05, 0) is 31.2 Å². The highest BCUT2D eigenvalue weighted by Crippen LogP contribution is 2.26. The Morgan fingerprint density at radius 2 is 1.74 bits per heavy atom. The van der Waals surface area contributed by atoms with Crippen LogP contribution in [0, 0.1) is 11.6 Å². The minimum absolute atomic E-state index is 0.219. The van der Waals surface area contributed by atoms with Gasteiger partial charge in [-0.1, -0.05) is 18.2 Å². The summed E-state index contributed by atoms with van der Waals surface area (Å²) in [5, 5.41) is 5.51. The molecule has 1 fully saturated rings. The highest BCUT2D eigenvalue weighted by Gasteiger charge is 2.23. The molecule has 0 aliphatic carbocycles. The van der Waals surface area contributed by atoms with Gasteiger partial charge in [0.2, 0.25) is 0 Å². The van der Waals surface area contributed by atoms with Crippen molar-refractivity contribution >= 4 is 16.9 Å². The Morgan fingerprint density at radius 3 is 2.42 bits per heavy atom. The van der Waals surface area contributed by atoms with Crippen LogP contribution in [0.1, 0.15) is 6.92 Å². The number of hydrogen-bond donors (Lipinski definition) is 0. The fourth-order valence-electron chi connectivity index (χ4n) is 3.66. The molecule has 162 valence electrons. The van der Waals surface area contributed by atoms with Gasteiger partial charge >= 0.3 is 6.09 Å². The van der Waals surface area contributed by atoms with Gasteiger partial charge in [-0.3, -0.25) is 9.69 Å². The van der Waals surface area contributed by atoms with Crippen molar-refractivity contribution in [2.24, 2.45) is 0 Å². The second kappa shape index (κ2) is 8.81. The minimum Gasteiger partial charge on any atom is -0.450 e. The van der Waals surface area contributed by atoms with Crippen LogP contribution in [0.15, 0.2) is 47.3 Å². The van der Waals surface area contributed by atoms with E-state index in [0.717, 1.165) is 12.1 Å². The Morgan fingerprint density at radius 1 is 1.03 bits per heavy atom. The molecule has 0 bridgehead atoms. The van der Waals surface area contributed by atoms with Crippen LogP contribution in [-0.2, 0) is 11.4 Å². The lowest BCUT2D eigenvalue weighted by Gasteiger charge is -2.33. The molecule has 9 heteroatoms. The van der Waals surface area contributed by atoms with E-state index in [1.54, 1.807) is 36.1 Å². The summed E-state index contributed by atoms with van der Waals surface area (Å²) in [7, 11) is 0. The van der Waals surface area contributed by atoms with Crippen LogP contribution < -0.4 is 5.56 Å². The lowest BCUT2D eigenvalue weighted by molar-refractivity contribution is 0.0688. The van der Waals surface area contributed by atoms with Crippen molar-refractivity contribution in [3.8, 4) is 11.3 Å². The van der Waals surface area contributed by atoms with E-state index in [1.165, 1.54) is 10.7 Å². The Hall–Kier alpha value is -3.33. The molecule has 1 aliphatic heterocycles. The summed E-state index contributed by atoms with van der Waals surface area (Å²) in [5.41, 5.74) is 0.519. The largest absolute Gasteiger partial charge is 0.450 e. The number of rotatable bonds is 4. The van der Waals surface area contributed by atoms with Crippen molar-refractivity contribution in [1.29, 1.82) is 0 Å². The molecule has 1 amide bonds. The standard InChI is InChI=1S/C22H22F2N4O3/c1-2-31-22(30)27-11-9-26(10-12-27)14-28-21(29)17-6-4-3-5-16(17)20(25-28)15-7-8-18(23)19(24)13-15/h3-8,13H,2,9-12,14H2,1H3. The molecule has 0 spiro atoms. The second-order valence-electron chi connectivity index (χ2n) is 7.27. The SMILES string of the molecule is CCOC(=O)N1CCN(Cn2nc(-c3ccc(F)c(F)c3)c3ccccc3c2=O)CC1.